The van der Waals surface area contributed by atoms with Crippen LogP contribution < -0.4 is 0 Å². The molecule has 1 heterocycles. The van der Waals surface area contributed by atoms with Gasteiger partial charge in [0.1, 0.15) is 0 Å². The van der Waals surface area contributed by atoms with Gasteiger partial charge in [-0.1, -0.05) is 18.8 Å². The summed E-state index contributed by atoms with van der Waals surface area (Å²) in [4.78, 5) is 24.7. The Hall–Kier alpha value is -1.30. The maximum absolute atomic E-state index is 11.9. The molecule has 2 amide bonds. The zero-order valence-electron chi connectivity index (χ0n) is 8.08. The Morgan fingerprint density at radius 2 is 2.00 bits per heavy atom. The lowest BCUT2D eigenvalue weighted by molar-refractivity contribution is -0.140. The molecule has 1 aliphatic heterocycles. The Bertz CT molecular complexity index is 321. The molecule has 0 N–H and O–H groups in total. The number of rotatable bonds is 1. The number of imide groups is 1. The second-order valence-corrected chi connectivity index (χ2v) is 4.15. The van der Waals surface area contributed by atoms with Crippen molar-refractivity contribution in [3.8, 4) is 12.3 Å². The molecule has 3 heteroatoms. The second-order valence-electron chi connectivity index (χ2n) is 4.15. The van der Waals surface area contributed by atoms with Crippen LogP contribution >= 0.6 is 0 Å². The van der Waals surface area contributed by atoms with Gasteiger partial charge in [-0.15, -0.1) is 6.42 Å². The van der Waals surface area contributed by atoms with Gasteiger partial charge in [0.15, 0.2) is 0 Å². The third-order valence-corrected chi connectivity index (χ3v) is 3.30. The smallest absolute Gasteiger partial charge is 0.236 e. The van der Waals surface area contributed by atoms with Crippen LogP contribution in [-0.2, 0) is 9.59 Å². The summed E-state index contributed by atoms with van der Waals surface area (Å²) in [6, 6.07) is 0. The number of amides is 2. The molecule has 2 aliphatic rings. The Labute approximate surface area is 83.5 Å². The van der Waals surface area contributed by atoms with Gasteiger partial charge in [0.2, 0.25) is 11.8 Å². The maximum atomic E-state index is 11.9. The predicted molar refractivity (Wildman–Crippen MR) is 51.1 cm³/mol. The normalized spacial score (nSPS) is 24.6. The first-order valence-corrected chi connectivity index (χ1v) is 4.98. The lowest BCUT2D eigenvalue weighted by Crippen LogP contribution is -2.34. The number of nitrogens with zero attached hydrogens (tertiary/aromatic N) is 1. The third-order valence-electron chi connectivity index (χ3n) is 3.30. The monoisotopic (exact) mass is 191 g/mol. The quantitative estimate of drug-likeness (QED) is 0.457. The van der Waals surface area contributed by atoms with Crippen LogP contribution in [0.3, 0.4) is 0 Å². The van der Waals surface area contributed by atoms with Crippen LogP contribution in [0.2, 0.25) is 0 Å². The summed E-state index contributed by atoms with van der Waals surface area (Å²) in [5, 5.41) is 0. The summed E-state index contributed by atoms with van der Waals surface area (Å²) >= 11 is 0. The molecule has 2 rings (SSSR count). The molecule has 3 nitrogen and oxygen atoms in total. The van der Waals surface area contributed by atoms with E-state index in [1.54, 1.807) is 0 Å². The highest BCUT2D eigenvalue weighted by Gasteiger charge is 2.52. The van der Waals surface area contributed by atoms with E-state index in [4.69, 9.17) is 6.42 Å². The highest BCUT2D eigenvalue weighted by Crippen LogP contribution is 2.46. The van der Waals surface area contributed by atoms with E-state index in [0.717, 1.165) is 25.7 Å². The Morgan fingerprint density at radius 3 is 2.57 bits per heavy atom. The first-order chi connectivity index (χ1) is 6.69. The van der Waals surface area contributed by atoms with Crippen LogP contribution in [0.5, 0.6) is 0 Å². The SMILES string of the molecule is C#CCN1C(=O)CC2(CCCC2)C1=O. The molecule has 0 atom stereocenters. The maximum Gasteiger partial charge on any atom is 0.236 e. The number of hydrogen-bond acceptors (Lipinski definition) is 2. The fourth-order valence-corrected chi connectivity index (χ4v) is 2.55. The topological polar surface area (TPSA) is 37.4 Å². The van der Waals surface area contributed by atoms with Gasteiger partial charge in [0, 0.05) is 6.42 Å². The van der Waals surface area contributed by atoms with Crippen LogP contribution in [0.15, 0.2) is 0 Å². The van der Waals surface area contributed by atoms with Gasteiger partial charge in [-0.05, 0) is 12.8 Å². The van der Waals surface area contributed by atoms with Crippen molar-refractivity contribution in [2.45, 2.75) is 32.1 Å². The van der Waals surface area contributed by atoms with Crippen molar-refractivity contribution < 1.29 is 9.59 Å². The third kappa shape index (κ3) is 1.14. The van der Waals surface area contributed by atoms with Gasteiger partial charge >= 0.3 is 0 Å². The summed E-state index contributed by atoms with van der Waals surface area (Å²) in [6.45, 7) is 0.138. The van der Waals surface area contributed by atoms with Crippen LogP contribution in [0.25, 0.3) is 0 Å². The van der Waals surface area contributed by atoms with Gasteiger partial charge < -0.3 is 0 Å². The predicted octanol–water partition coefficient (Wildman–Crippen LogP) is 0.939. The van der Waals surface area contributed by atoms with Crippen molar-refractivity contribution in [2.75, 3.05) is 6.54 Å². The summed E-state index contributed by atoms with van der Waals surface area (Å²) in [5.74, 6) is 2.24. The average Bonchev–Trinajstić information content (AvgIpc) is 2.69. The summed E-state index contributed by atoms with van der Waals surface area (Å²) < 4.78 is 0. The standard InChI is InChI=1S/C11H13NO2/c1-2-7-12-9(13)8-11(10(12)14)5-3-4-6-11/h1H,3-8H2. The van der Waals surface area contributed by atoms with Crippen LogP contribution in [0, 0.1) is 17.8 Å². The minimum atomic E-state index is -0.367. The van der Waals surface area contributed by atoms with E-state index in [1.165, 1.54) is 4.90 Å². The Kier molecular flexibility index (Phi) is 2.07. The van der Waals surface area contributed by atoms with E-state index >= 15 is 0 Å². The molecule has 0 aromatic rings. The van der Waals surface area contributed by atoms with Crippen molar-refractivity contribution >= 4 is 11.8 Å². The number of carbonyl (C=O) groups excluding carboxylic acids is 2. The molecule has 1 spiro atoms. The zero-order chi connectivity index (χ0) is 10.2. The molecule has 0 unspecified atom stereocenters. The molecular formula is C11H13NO2. The number of likely N-dealkylation sites (tertiary alicyclic amines) is 1. The lowest BCUT2D eigenvalue weighted by atomic mass is 9.84. The van der Waals surface area contributed by atoms with Gasteiger partial charge in [-0.25, -0.2) is 0 Å². The molecule has 1 aliphatic carbocycles. The van der Waals surface area contributed by atoms with Gasteiger partial charge in [-0.2, -0.15) is 0 Å². The van der Waals surface area contributed by atoms with E-state index in [1.807, 2.05) is 0 Å². The van der Waals surface area contributed by atoms with E-state index in [-0.39, 0.29) is 23.8 Å². The van der Waals surface area contributed by atoms with Gasteiger partial charge in [0.05, 0.1) is 12.0 Å². The highest BCUT2D eigenvalue weighted by atomic mass is 16.2. The van der Waals surface area contributed by atoms with Crippen molar-refractivity contribution in [2.24, 2.45) is 5.41 Å². The van der Waals surface area contributed by atoms with Crippen molar-refractivity contribution in [3.05, 3.63) is 0 Å². The van der Waals surface area contributed by atoms with E-state index < -0.39 is 0 Å². The number of hydrogen-bond donors (Lipinski definition) is 0. The average molecular weight is 191 g/mol. The van der Waals surface area contributed by atoms with Crippen LogP contribution in [-0.4, -0.2) is 23.3 Å². The van der Waals surface area contributed by atoms with E-state index in [9.17, 15) is 9.59 Å². The summed E-state index contributed by atoms with van der Waals surface area (Å²) in [7, 11) is 0. The fourth-order valence-electron chi connectivity index (χ4n) is 2.55. The summed E-state index contributed by atoms with van der Waals surface area (Å²) in [6.07, 6.45) is 9.34. The number of terminal acetylenes is 1. The van der Waals surface area contributed by atoms with Crippen LogP contribution in [0.4, 0.5) is 0 Å². The van der Waals surface area contributed by atoms with Crippen molar-refractivity contribution in [1.29, 1.82) is 0 Å². The van der Waals surface area contributed by atoms with Gasteiger partial charge in [0.25, 0.3) is 0 Å². The minimum absolute atomic E-state index is 0.0297. The zero-order valence-corrected chi connectivity index (χ0v) is 8.08. The molecule has 14 heavy (non-hydrogen) atoms. The minimum Gasteiger partial charge on any atom is -0.274 e. The first-order valence-electron chi connectivity index (χ1n) is 4.98. The van der Waals surface area contributed by atoms with E-state index in [0.29, 0.717) is 6.42 Å². The molecule has 1 saturated carbocycles. The molecule has 74 valence electrons. The molecular weight excluding hydrogens is 178 g/mol. The largest absolute Gasteiger partial charge is 0.274 e. The molecule has 0 aromatic heterocycles. The fraction of sp³-hybridized carbons (Fsp3) is 0.636. The highest BCUT2D eigenvalue weighted by molar-refractivity contribution is 6.06. The number of carbonyl (C=O) groups is 2. The second kappa shape index (κ2) is 3.13. The summed E-state index contributed by atoms with van der Waals surface area (Å²) in [5.41, 5.74) is -0.367. The Balaban J connectivity index is 2.23. The first kappa shape index (κ1) is 9.26. The molecule has 2 fully saturated rings. The molecule has 0 bridgehead atoms. The van der Waals surface area contributed by atoms with Gasteiger partial charge in [-0.3, -0.25) is 14.5 Å². The molecule has 0 aromatic carbocycles. The molecule has 1 saturated heterocycles. The Morgan fingerprint density at radius 1 is 1.36 bits per heavy atom. The lowest BCUT2D eigenvalue weighted by Gasteiger charge is -2.19. The van der Waals surface area contributed by atoms with Crippen molar-refractivity contribution in [1.82, 2.24) is 4.90 Å². The van der Waals surface area contributed by atoms with Crippen molar-refractivity contribution in [3.63, 3.8) is 0 Å². The molecule has 0 radical (unpaired) electrons. The van der Waals surface area contributed by atoms with Crippen LogP contribution in [0.1, 0.15) is 32.1 Å². The van der Waals surface area contributed by atoms with E-state index in [2.05, 4.69) is 5.92 Å².